The van der Waals surface area contributed by atoms with Crippen LogP contribution in [0, 0.1) is 0 Å². The first-order valence-corrected chi connectivity index (χ1v) is 5.64. The Bertz CT molecular complexity index is 390. The molecular formula is C13H19NO3. The zero-order valence-electron chi connectivity index (χ0n) is 10.4. The van der Waals surface area contributed by atoms with E-state index in [1.807, 2.05) is 24.8 Å². The molecule has 4 heteroatoms. The summed E-state index contributed by atoms with van der Waals surface area (Å²) in [6, 6.07) is 6.31. The Labute approximate surface area is 101 Å². The molecule has 0 radical (unpaired) electrons. The van der Waals surface area contributed by atoms with Crippen LogP contribution in [0.5, 0.6) is 5.75 Å². The van der Waals surface area contributed by atoms with E-state index in [9.17, 15) is 15.0 Å². The average Bonchev–Trinajstić information content (AvgIpc) is 2.24. The molecule has 1 rings (SSSR count). The highest BCUT2D eigenvalue weighted by Crippen LogP contribution is 2.15. The molecule has 0 fully saturated rings. The van der Waals surface area contributed by atoms with Gasteiger partial charge < -0.3 is 10.2 Å². The summed E-state index contributed by atoms with van der Waals surface area (Å²) in [6.45, 7) is 3.91. The van der Waals surface area contributed by atoms with Crippen LogP contribution in [0.4, 0.5) is 0 Å². The Balaban J connectivity index is 2.84. The third-order valence-corrected chi connectivity index (χ3v) is 2.93. The van der Waals surface area contributed by atoms with Gasteiger partial charge in [-0.25, -0.2) is 0 Å². The lowest BCUT2D eigenvalue weighted by Gasteiger charge is -2.28. The van der Waals surface area contributed by atoms with Crippen LogP contribution < -0.4 is 0 Å². The molecule has 0 amide bonds. The highest BCUT2D eigenvalue weighted by atomic mass is 16.4. The molecule has 2 N–H and O–H groups in total. The first-order chi connectivity index (χ1) is 7.91. The molecular weight excluding hydrogens is 218 g/mol. The zero-order chi connectivity index (χ0) is 13.0. The standard InChI is InChI=1S/C13H19NO3/c1-9(2)14(3)12(13(16)17)8-10-5-4-6-11(15)7-10/h4-7,9,12,15H,8H2,1-3H3,(H,16,17). The summed E-state index contributed by atoms with van der Waals surface area (Å²) in [5, 5.41) is 18.6. The third kappa shape index (κ3) is 3.75. The Morgan fingerprint density at radius 2 is 2.06 bits per heavy atom. The maximum atomic E-state index is 11.2. The SMILES string of the molecule is CC(C)N(C)C(Cc1cccc(O)c1)C(=O)O. The molecule has 1 unspecified atom stereocenters. The maximum Gasteiger partial charge on any atom is 0.321 e. The number of rotatable bonds is 5. The van der Waals surface area contributed by atoms with Gasteiger partial charge in [0.25, 0.3) is 0 Å². The van der Waals surface area contributed by atoms with Gasteiger partial charge in [-0.2, -0.15) is 0 Å². The van der Waals surface area contributed by atoms with E-state index in [0.717, 1.165) is 5.56 Å². The quantitative estimate of drug-likeness (QED) is 0.818. The third-order valence-electron chi connectivity index (χ3n) is 2.93. The molecule has 0 bridgehead atoms. The number of phenols is 1. The molecule has 94 valence electrons. The molecule has 0 heterocycles. The number of likely N-dealkylation sites (N-methyl/N-ethyl adjacent to an activating group) is 1. The Morgan fingerprint density at radius 3 is 2.53 bits per heavy atom. The number of carbonyl (C=O) groups is 1. The number of aliphatic carboxylic acids is 1. The predicted octanol–water partition coefficient (Wildman–Crippen LogP) is 1.73. The van der Waals surface area contributed by atoms with Crippen LogP contribution >= 0.6 is 0 Å². The van der Waals surface area contributed by atoms with Crippen molar-refractivity contribution in [3.8, 4) is 5.75 Å². The summed E-state index contributed by atoms with van der Waals surface area (Å²) >= 11 is 0. The minimum Gasteiger partial charge on any atom is -0.508 e. The van der Waals surface area contributed by atoms with Gasteiger partial charge in [0.15, 0.2) is 0 Å². The molecule has 0 aliphatic carbocycles. The normalized spacial score (nSPS) is 13.0. The number of hydrogen-bond acceptors (Lipinski definition) is 3. The van der Waals surface area contributed by atoms with Crippen molar-refractivity contribution < 1.29 is 15.0 Å². The van der Waals surface area contributed by atoms with Crippen LogP contribution in [-0.4, -0.2) is 40.2 Å². The fourth-order valence-corrected chi connectivity index (χ4v) is 1.67. The molecule has 1 aromatic carbocycles. The summed E-state index contributed by atoms with van der Waals surface area (Å²) in [5.41, 5.74) is 0.824. The van der Waals surface area contributed by atoms with E-state index in [1.54, 1.807) is 25.2 Å². The molecule has 1 atom stereocenters. The van der Waals surface area contributed by atoms with E-state index in [1.165, 1.54) is 0 Å². The van der Waals surface area contributed by atoms with Crippen molar-refractivity contribution >= 4 is 5.97 Å². The van der Waals surface area contributed by atoms with E-state index in [0.29, 0.717) is 6.42 Å². The smallest absolute Gasteiger partial charge is 0.321 e. The van der Waals surface area contributed by atoms with Gasteiger partial charge in [0.2, 0.25) is 0 Å². The topological polar surface area (TPSA) is 60.8 Å². The van der Waals surface area contributed by atoms with Gasteiger partial charge in [0.05, 0.1) is 0 Å². The molecule has 17 heavy (non-hydrogen) atoms. The van der Waals surface area contributed by atoms with E-state index in [2.05, 4.69) is 0 Å². The van der Waals surface area contributed by atoms with Gasteiger partial charge in [-0.05, 0) is 45.0 Å². The van der Waals surface area contributed by atoms with Crippen LogP contribution in [0.1, 0.15) is 19.4 Å². The summed E-state index contributed by atoms with van der Waals surface area (Å²) in [6.07, 6.45) is 0.387. The van der Waals surface area contributed by atoms with Gasteiger partial charge >= 0.3 is 5.97 Å². The lowest BCUT2D eigenvalue weighted by Crippen LogP contribution is -2.43. The Hall–Kier alpha value is -1.55. The number of hydrogen-bond donors (Lipinski definition) is 2. The molecule has 4 nitrogen and oxygen atoms in total. The number of aromatic hydroxyl groups is 1. The second-order valence-corrected chi connectivity index (χ2v) is 4.49. The lowest BCUT2D eigenvalue weighted by atomic mass is 10.0. The molecule has 0 aliphatic rings. The van der Waals surface area contributed by atoms with Crippen molar-refractivity contribution in [2.24, 2.45) is 0 Å². The first kappa shape index (κ1) is 13.5. The van der Waals surface area contributed by atoms with Crippen molar-refractivity contribution in [3.63, 3.8) is 0 Å². The van der Waals surface area contributed by atoms with Gasteiger partial charge in [0.1, 0.15) is 11.8 Å². The van der Waals surface area contributed by atoms with Crippen LogP contribution in [0.3, 0.4) is 0 Å². The van der Waals surface area contributed by atoms with E-state index in [4.69, 9.17) is 0 Å². The van der Waals surface area contributed by atoms with Crippen molar-refractivity contribution in [2.75, 3.05) is 7.05 Å². The number of benzene rings is 1. The Kier molecular flexibility index (Phi) is 4.52. The predicted molar refractivity (Wildman–Crippen MR) is 66.1 cm³/mol. The van der Waals surface area contributed by atoms with Crippen LogP contribution in [0.2, 0.25) is 0 Å². The van der Waals surface area contributed by atoms with Crippen LogP contribution in [0.15, 0.2) is 24.3 Å². The largest absolute Gasteiger partial charge is 0.508 e. The number of nitrogens with zero attached hydrogens (tertiary/aromatic N) is 1. The monoisotopic (exact) mass is 237 g/mol. The van der Waals surface area contributed by atoms with E-state index < -0.39 is 12.0 Å². The molecule has 0 saturated heterocycles. The van der Waals surface area contributed by atoms with Gasteiger partial charge in [0, 0.05) is 6.04 Å². The number of carboxylic acids is 1. The number of carboxylic acid groups (broad SMARTS) is 1. The van der Waals surface area contributed by atoms with E-state index in [-0.39, 0.29) is 11.8 Å². The van der Waals surface area contributed by atoms with Gasteiger partial charge in [-0.1, -0.05) is 12.1 Å². The molecule has 0 spiro atoms. The van der Waals surface area contributed by atoms with Crippen molar-refractivity contribution in [1.29, 1.82) is 0 Å². The van der Waals surface area contributed by atoms with Gasteiger partial charge in [-0.15, -0.1) is 0 Å². The molecule has 0 aromatic heterocycles. The Morgan fingerprint density at radius 1 is 1.41 bits per heavy atom. The summed E-state index contributed by atoms with van der Waals surface area (Å²) < 4.78 is 0. The summed E-state index contributed by atoms with van der Waals surface area (Å²) in [4.78, 5) is 13.0. The van der Waals surface area contributed by atoms with Crippen molar-refractivity contribution in [1.82, 2.24) is 4.90 Å². The lowest BCUT2D eigenvalue weighted by molar-refractivity contribution is -0.143. The highest BCUT2D eigenvalue weighted by Gasteiger charge is 2.24. The molecule has 1 aromatic rings. The summed E-state index contributed by atoms with van der Waals surface area (Å²) in [7, 11) is 1.80. The first-order valence-electron chi connectivity index (χ1n) is 5.64. The van der Waals surface area contributed by atoms with Crippen molar-refractivity contribution in [2.45, 2.75) is 32.4 Å². The highest BCUT2D eigenvalue weighted by molar-refractivity contribution is 5.74. The van der Waals surface area contributed by atoms with Crippen LogP contribution in [-0.2, 0) is 11.2 Å². The van der Waals surface area contributed by atoms with E-state index >= 15 is 0 Å². The minimum absolute atomic E-state index is 0.161. The maximum absolute atomic E-state index is 11.2. The zero-order valence-corrected chi connectivity index (χ0v) is 10.4. The fraction of sp³-hybridized carbons (Fsp3) is 0.462. The van der Waals surface area contributed by atoms with Crippen molar-refractivity contribution in [3.05, 3.63) is 29.8 Å². The second-order valence-electron chi connectivity index (χ2n) is 4.49. The molecule has 0 saturated carbocycles. The molecule has 0 aliphatic heterocycles. The minimum atomic E-state index is -0.843. The summed E-state index contributed by atoms with van der Waals surface area (Å²) in [5.74, 6) is -0.677. The average molecular weight is 237 g/mol. The van der Waals surface area contributed by atoms with Crippen LogP contribution in [0.25, 0.3) is 0 Å². The second kappa shape index (κ2) is 5.68. The van der Waals surface area contributed by atoms with Gasteiger partial charge in [-0.3, -0.25) is 9.69 Å². The fourth-order valence-electron chi connectivity index (χ4n) is 1.67. The number of phenolic OH excluding ortho intramolecular Hbond substituents is 1.